The molecule has 33 heavy (non-hydrogen) atoms. The minimum Gasteiger partial charge on any atom is -0.508 e. The number of rotatable bonds is 5. The molecule has 0 unspecified atom stereocenters. The topological polar surface area (TPSA) is 53.0 Å². The number of carbonyl (C=O) groups excluding carboxylic acids is 1. The summed E-state index contributed by atoms with van der Waals surface area (Å²) in [5.74, 6) is 0.319. The van der Waals surface area contributed by atoms with Crippen molar-refractivity contribution in [2.45, 2.75) is 49.2 Å². The van der Waals surface area contributed by atoms with Crippen LogP contribution < -0.4 is 0 Å². The van der Waals surface area contributed by atoms with E-state index in [0.717, 1.165) is 49.9 Å². The highest BCUT2D eigenvalue weighted by Crippen LogP contribution is 2.54. The molecule has 0 bridgehead atoms. The van der Waals surface area contributed by atoms with E-state index in [2.05, 4.69) is 18.0 Å². The third-order valence-electron chi connectivity index (χ3n) is 7.85. The summed E-state index contributed by atoms with van der Waals surface area (Å²) >= 11 is 12.2. The van der Waals surface area contributed by atoms with Crippen LogP contribution in [0.15, 0.2) is 42.5 Å². The maximum absolute atomic E-state index is 13.2. The third-order valence-corrected chi connectivity index (χ3v) is 8.59. The highest BCUT2D eigenvalue weighted by Gasteiger charge is 2.59. The predicted octanol–water partition coefficient (Wildman–Crippen LogP) is 4.91. The minimum absolute atomic E-state index is 0.0577. The monoisotopic (exact) mass is 490 g/mol. The molecule has 1 amide bonds. The van der Waals surface area contributed by atoms with Crippen LogP contribution in [0, 0.1) is 0 Å². The second-order valence-corrected chi connectivity index (χ2v) is 10.5. The maximum Gasteiger partial charge on any atom is 0.226 e. The van der Waals surface area contributed by atoms with Crippen molar-refractivity contribution in [3.63, 3.8) is 0 Å². The number of methoxy groups -OCH3 is 1. The molecule has 0 spiro atoms. The quantitative estimate of drug-likeness (QED) is 0.646. The second kappa shape index (κ2) is 9.46. The molecule has 1 saturated heterocycles. The largest absolute Gasteiger partial charge is 0.508 e. The first-order valence-electron chi connectivity index (χ1n) is 11.4. The van der Waals surface area contributed by atoms with E-state index in [9.17, 15) is 9.90 Å². The number of nitrogens with zero attached hydrogens (tertiary/aromatic N) is 2. The summed E-state index contributed by atoms with van der Waals surface area (Å²) in [5.41, 5.74) is 1.30. The van der Waals surface area contributed by atoms with Gasteiger partial charge in [0, 0.05) is 32.2 Å². The lowest BCUT2D eigenvalue weighted by atomic mass is 9.55. The van der Waals surface area contributed by atoms with Gasteiger partial charge in [0.1, 0.15) is 5.75 Å². The number of ether oxygens (including phenoxy) is 1. The summed E-state index contributed by atoms with van der Waals surface area (Å²) in [4.78, 5) is 17.5. The van der Waals surface area contributed by atoms with Gasteiger partial charge in [-0.25, -0.2) is 0 Å². The number of piperidine rings is 1. The Hall–Kier alpha value is -1.79. The van der Waals surface area contributed by atoms with Gasteiger partial charge in [-0.15, -0.1) is 0 Å². The summed E-state index contributed by atoms with van der Waals surface area (Å²) in [5, 5.41) is 11.2. The first kappa shape index (κ1) is 24.3. The SMILES string of the molecule is CO[C@]12CC[C@H](N(C)C(=O)Cc3ccc(Cl)c(Cl)c3)C[C@]1(c1cccc(O)c1)CCN(C)C2. The Labute approximate surface area is 206 Å². The Balaban J connectivity index is 1.62. The number of halogens is 2. The Morgan fingerprint density at radius 3 is 2.70 bits per heavy atom. The lowest BCUT2D eigenvalue weighted by Crippen LogP contribution is -2.67. The first-order valence-corrected chi connectivity index (χ1v) is 12.2. The molecule has 2 fully saturated rings. The average Bonchev–Trinajstić information content (AvgIpc) is 2.80. The van der Waals surface area contributed by atoms with E-state index in [4.69, 9.17) is 27.9 Å². The molecule has 1 aliphatic carbocycles. The molecule has 0 aromatic heterocycles. The van der Waals surface area contributed by atoms with E-state index in [0.29, 0.717) is 10.0 Å². The number of carbonyl (C=O) groups is 1. The van der Waals surface area contributed by atoms with Crippen LogP contribution in [-0.4, -0.2) is 66.8 Å². The molecule has 7 heteroatoms. The molecule has 4 rings (SSSR count). The number of hydrogen-bond acceptors (Lipinski definition) is 4. The van der Waals surface area contributed by atoms with Gasteiger partial charge in [-0.3, -0.25) is 4.79 Å². The molecule has 1 N–H and O–H groups in total. The van der Waals surface area contributed by atoms with E-state index in [1.165, 1.54) is 0 Å². The van der Waals surface area contributed by atoms with E-state index in [-0.39, 0.29) is 35.1 Å². The Morgan fingerprint density at radius 2 is 2.00 bits per heavy atom. The van der Waals surface area contributed by atoms with Gasteiger partial charge >= 0.3 is 0 Å². The highest BCUT2D eigenvalue weighted by atomic mass is 35.5. The molecule has 1 heterocycles. The minimum atomic E-state index is -0.363. The zero-order valence-electron chi connectivity index (χ0n) is 19.5. The third kappa shape index (κ3) is 4.49. The Kier molecular flexibility index (Phi) is 6.97. The van der Waals surface area contributed by atoms with Gasteiger partial charge in [0.2, 0.25) is 5.91 Å². The Bertz CT molecular complexity index is 1030. The zero-order valence-corrected chi connectivity index (χ0v) is 21.0. The number of benzene rings is 2. The normalized spacial score (nSPS) is 27.7. The van der Waals surface area contributed by atoms with Crippen molar-refractivity contribution >= 4 is 29.1 Å². The van der Waals surface area contributed by atoms with Crippen molar-refractivity contribution in [1.29, 1.82) is 0 Å². The van der Waals surface area contributed by atoms with Crippen LogP contribution in [0.25, 0.3) is 0 Å². The molecule has 178 valence electrons. The molecule has 2 aromatic carbocycles. The molecule has 3 atom stereocenters. The van der Waals surface area contributed by atoms with Crippen molar-refractivity contribution in [3.8, 4) is 5.75 Å². The zero-order chi connectivity index (χ0) is 23.8. The van der Waals surface area contributed by atoms with Crippen LogP contribution >= 0.6 is 23.2 Å². The van der Waals surface area contributed by atoms with Gasteiger partial charge in [-0.1, -0.05) is 41.4 Å². The number of amides is 1. The molecule has 2 aliphatic rings. The van der Waals surface area contributed by atoms with Crippen LogP contribution in [0.2, 0.25) is 10.0 Å². The van der Waals surface area contributed by atoms with Crippen LogP contribution in [0.4, 0.5) is 0 Å². The van der Waals surface area contributed by atoms with Crippen molar-refractivity contribution in [1.82, 2.24) is 9.80 Å². The van der Waals surface area contributed by atoms with E-state index < -0.39 is 0 Å². The number of phenolic OH excluding ortho intramolecular Hbond substituents is 1. The summed E-state index contributed by atoms with van der Waals surface area (Å²) in [6, 6.07) is 13.0. The van der Waals surface area contributed by atoms with Crippen molar-refractivity contribution in [2.75, 3.05) is 34.3 Å². The van der Waals surface area contributed by atoms with Gasteiger partial charge in [-0.2, -0.15) is 0 Å². The molecule has 1 aliphatic heterocycles. The fourth-order valence-electron chi connectivity index (χ4n) is 5.96. The lowest BCUT2D eigenvalue weighted by Gasteiger charge is -2.60. The van der Waals surface area contributed by atoms with Crippen LogP contribution in [0.3, 0.4) is 0 Å². The average molecular weight is 491 g/mol. The molecular weight excluding hydrogens is 459 g/mol. The number of aromatic hydroxyl groups is 1. The van der Waals surface area contributed by atoms with Gasteiger partial charge in [0.25, 0.3) is 0 Å². The summed E-state index contributed by atoms with van der Waals surface area (Å²) in [7, 11) is 5.83. The van der Waals surface area contributed by atoms with Crippen molar-refractivity contribution in [3.05, 3.63) is 63.6 Å². The second-order valence-electron chi connectivity index (χ2n) is 9.65. The number of fused-ring (bicyclic) bond motifs is 1. The van der Waals surface area contributed by atoms with Gasteiger partial charge in [-0.05, 0) is 74.7 Å². The summed E-state index contributed by atoms with van der Waals surface area (Å²) in [6.45, 7) is 1.77. The van der Waals surface area contributed by atoms with E-state index in [1.54, 1.807) is 25.3 Å². The fourth-order valence-corrected chi connectivity index (χ4v) is 6.28. The molecule has 5 nitrogen and oxygen atoms in total. The van der Waals surface area contributed by atoms with E-state index in [1.807, 2.05) is 30.1 Å². The number of hydrogen-bond donors (Lipinski definition) is 1. The van der Waals surface area contributed by atoms with Crippen molar-refractivity contribution < 1.29 is 14.6 Å². The summed E-state index contributed by atoms with van der Waals surface area (Å²) < 4.78 is 6.31. The smallest absolute Gasteiger partial charge is 0.226 e. The number of likely N-dealkylation sites (N-methyl/N-ethyl adjacent to an activating group) is 2. The standard InChI is InChI=1S/C26H32Cl2N2O3/c1-29-12-11-25(19-5-4-6-21(31)15-19)16-20(9-10-26(25,17-29)33-3)30(2)24(32)14-18-7-8-22(27)23(28)13-18/h4-8,13,15,20,31H,9-12,14,16-17H2,1-3H3/t20-,25-,26-/m0/s1. The lowest BCUT2D eigenvalue weighted by molar-refractivity contribution is -0.157. The molecular formula is C26H32Cl2N2O3. The first-order chi connectivity index (χ1) is 15.7. The molecule has 1 saturated carbocycles. The van der Waals surface area contributed by atoms with Crippen LogP contribution in [0.1, 0.15) is 36.8 Å². The fraction of sp³-hybridized carbons (Fsp3) is 0.500. The molecule has 2 aromatic rings. The predicted molar refractivity (Wildman–Crippen MR) is 132 cm³/mol. The maximum atomic E-state index is 13.2. The van der Waals surface area contributed by atoms with Gasteiger partial charge < -0.3 is 19.6 Å². The van der Waals surface area contributed by atoms with Crippen molar-refractivity contribution in [2.24, 2.45) is 0 Å². The summed E-state index contributed by atoms with van der Waals surface area (Å²) in [6.07, 6.45) is 3.69. The molecule has 0 radical (unpaired) electrons. The highest BCUT2D eigenvalue weighted by molar-refractivity contribution is 6.42. The van der Waals surface area contributed by atoms with Gasteiger partial charge in [0.15, 0.2) is 0 Å². The van der Waals surface area contributed by atoms with Crippen LogP contribution in [-0.2, 0) is 21.4 Å². The van der Waals surface area contributed by atoms with Crippen LogP contribution in [0.5, 0.6) is 5.75 Å². The number of phenols is 1. The van der Waals surface area contributed by atoms with E-state index >= 15 is 0 Å². The Morgan fingerprint density at radius 1 is 1.21 bits per heavy atom. The number of likely N-dealkylation sites (tertiary alicyclic amines) is 1. The van der Waals surface area contributed by atoms with Gasteiger partial charge in [0.05, 0.1) is 22.1 Å².